The van der Waals surface area contributed by atoms with E-state index in [0.717, 1.165) is 31.6 Å². The van der Waals surface area contributed by atoms with Crippen molar-refractivity contribution in [1.29, 1.82) is 0 Å². The molecule has 0 aromatic heterocycles. The molecule has 2 unspecified atom stereocenters. The first kappa shape index (κ1) is 17.4. The number of amides is 1. The van der Waals surface area contributed by atoms with Gasteiger partial charge in [-0.15, -0.1) is 0 Å². The van der Waals surface area contributed by atoms with E-state index in [1.54, 1.807) is 0 Å². The number of rotatable bonds is 4. The predicted octanol–water partition coefficient (Wildman–Crippen LogP) is 1.44. The third-order valence-corrected chi connectivity index (χ3v) is 5.14. The maximum atomic E-state index is 13.3. The molecule has 1 amide bonds. The standard InChI is InChI=1S/C19H29N3O2/c1-3-16-4-6-17(7-5-16)18(22-9-8-20-14-15(22)2)19(23)21-10-12-24-13-11-21/h4-7,15,18,20H,3,8-14H2,1-2H3. The molecule has 132 valence electrons. The van der Waals surface area contributed by atoms with Crippen LogP contribution < -0.4 is 5.32 Å². The molecule has 0 saturated carbocycles. The largest absolute Gasteiger partial charge is 0.378 e. The Morgan fingerprint density at radius 3 is 2.58 bits per heavy atom. The lowest BCUT2D eigenvalue weighted by Gasteiger charge is -2.41. The number of benzene rings is 1. The molecule has 0 aliphatic carbocycles. The molecule has 1 N–H and O–H groups in total. The molecular formula is C19H29N3O2. The molecular weight excluding hydrogens is 302 g/mol. The quantitative estimate of drug-likeness (QED) is 0.907. The molecule has 2 atom stereocenters. The normalized spacial score (nSPS) is 23.9. The van der Waals surface area contributed by atoms with Crippen molar-refractivity contribution in [2.45, 2.75) is 32.4 Å². The fourth-order valence-corrected chi connectivity index (χ4v) is 3.61. The summed E-state index contributed by atoms with van der Waals surface area (Å²) in [5, 5.41) is 3.42. The van der Waals surface area contributed by atoms with Crippen molar-refractivity contribution in [3.63, 3.8) is 0 Å². The molecule has 24 heavy (non-hydrogen) atoms. The Balaban J connectivity index is 1.88. The number of nitrogens with one attached hydrogen (secondary N) is 1. The number of carbonyl (C=O) groups excluding carboxylic acids is 1. The summed E-state index contributed by atoms with van der Waals surface area (Å²) in [5.74, 6) is 0.219. The van der Waals surface area contributed by atoms with Gasteiger partial charge in [-0.3, -0.25) is 9.69 Å². The Hall–Kier alpha value is -1.43. The topological polar surface area (TPSA) is 44.8 Å². The van der Waals surface area contributed by atoms with Crippen molar-refractivity contribution < 1.29 is 9.53 Å². The zero-order valence-corrected chi connectivity index (χ0v) is 14.8. The zero-order valence-electron chi connectivity index (χ0n) is 14.8. The van der Waals surface area contributed by atoms with Gasteiger partial charge in [-0.05, 0) is 24.5 Å². The highest BCUT2D eigenvalue weighted by Gasteiger charge is 2.35. The number of nitrogens with zero attached hydrogens (tertiary/aromatic N) is 2. The summed E-state index contributed by atoms with van der Waals surface area (Å²) in [7, 11) is 0. The number of morpholine rings is 1. The van der Waals surface area contributed by atoms with Crippen LogP contribution in [0.5, 0.6) is 0 Å². The molecule has 2 saturated heterocycles. The summed E-state index contributed by atoms with van der Waals surface area (Å²) in [6.07, 6.45) is 1.02. The van der Waals surface area contributed by atoms with Crippen molar-refractivity contribution in [3.8, 4) is 0 Å². The Morgan fingerprint density at radius 1 is 1.25 bits per heavy atom. The number of carbonyl (C=O) groups is 1. The zero-order chi connectivity index (χ0) is 16.9. The molecule has 2 heterocycles. The number of hydrogen-bond acceptors (Lipinski definition) is 4. The second-order valence-electron chi connectivity index (χ2n) is 6.73. The van der Waals surface area contributed by atoms with E-state index in [4.69, 9.17) is 4.74 Å². The number of ether oxygens (including phenoxy) is 1. The van der Waals surface area contributed by atoms with Crippen LogP contribution in [-0.4, -0.2) is 67.7 Å². The molecule has 1 aromatic rings. The highest BCUT2D eigenvalue weighted by atomic mass is 16.5. The van der Waals surface area contributed by atoms with Crippen molar-refractivity contribution in [1.82, 2.24) is 15.1 Å². The molecule has 5 heteroatoms. The molecule has 2 aliphatic heterocycles. The van der Waals surface area contributed by atoms with E-state index in [9.17, 15) is 4.79 Å². The lowest BCUT2D eigenvalue weighted by atomic mass is 9.98. The van der Waals surface area contributed by atoms with Gasteiger partial charge < -0.3 is 15.0 Å². The van der Waals surface area contributed by atoms with Crippen LogP contribution in [0.15, 0.2) is 24.3 Å². The van der Waals surface area contributed by atoms with Crippen LogP contribution in [-0.2, 0) is 16.0 Å². The smallest absolute Gasteiger partial charge is 0.244 e. The van der Waals surface area contributed by atoms with Gasteiger partial charge in [0.1, 0.15) is 6.04 Å². The average Bonchev–Trinajstić information content (AvgIpc) is 2.64. The molecule has 0 radical (unpaired) electrons. The van der Waals surface area contributed by atoms with Crippen LogP contribution in [0.25, 0.3) is 0 Å². The maximum Gasteiger partial charge on any atom is 0.244 e. The van der Waals surface area contributed by atoms with E-state index in [1.165, 1.54) is 5.56 Å². The van der Waals surface area contributed by atoms with E-state index in [1.807, 2.05) is 4.90 Å². The first-order valence-corrected chi connectivity index (χ1v) is 9.12. The average molecular weight is 331 g/mol. The second kappa shape index (κ2) is 8.10. The highest BCUT2D eigenvalue weighted by Crippen LogP contribution is 2.27. The lowest BCUT2D eigenvalue weighted by Crippen LogP contribution is -2.55. The summed E-state index contributed by atoms with van der Waals surface area (Å²) < 4.78 is 5.41. The minimum absolute atomic E-state index is 0.189. The van der Waals surface area contributed by atoms with Gasteiger partial charge in [0.15, 0.2) is 0 Å². The number of hydrogen-bond donors (Lipinski definition) is 1. The van der Waals surface area contributed by atoms with Crippen LogP contribution in [0.1, 0.15) is 31.0 Å². The highest BCUT2D eigenvalue weighted by molar-refractivity contribution is 5.83. The van der Waals surface area contributed by atoms with Crippen LogP contribution in [0.4, 0.5) is 0 Å². The Bertz CT molecular complexity index is 540. The summed E-state index contributed by atoms with van der Waals surface area (Å²) >= 11 is 0. The summed E-state index contributed by atoms with van der Waals surface area (Å²) in [4.78, 5) is 17.6. The fourth-order valence-electron chi connectivity index (χ4n) is 3.61. The molecule has 0 spiro atoms. The van der Waals surface area contributed by atoms with Gasteiger partial charge in [0.2, 0.25) is 5.91 Å². The van der Waals surface area contributed by atoms with E-state index in [2.05, 4.69) is 48.3 Å². The summed E-state index contributed by atoms with van der Waals surface area (Å²) in [5.41, 5.74) is 2.42. The van der Waals surface area contributed by atoms with Gasteiger partial charge >= 0.3 is 0 Å². The first-order valence-electron chi connectivity index (χ1n) is 9.12. The monoisotopic (exact) mass is 331 g/mol. The molecule has 0 bridgehead atoms. The lowest BCUT2D eigenvalue weighted by molar-refractivity contribution is -0.142. The number of aryl methyl sites for hydroxylation is 1. The maximum absolute atomic E-state index is 13.3. The fraction of sp³-hybridized carbons (Fsp3) is 0.632. The van der Waals surface area contributed by atoms with E-state index in [-0.39, 0.29) is 11.9 Å². The minimum Gasteiger partial charge on any atom is -0.378 e. The van der Waals surface area contributed by atoms with E-state index < -0.39 is 0 Å². The molecule has 2 aliphatic rings. The third kappa shape index (κ3) is 3.79. The second-order valence-corrected chi connectivity index (χ2v) is 6.73. The van der Waals surface area contributed by atoms with Gasteiger partial charge in [0, 0.05) is 38.8 Å². The Kier molecular flexibility index (Phi) is 5.87. The molecule has 1 aromatic carbocycles. The van der Waals surface area contributed by atoms with Crippen LogP contribution in [0, 0.1) is 0 Å². The first-order chi connectivity index (χ1) is 11.7. The van der Waals surface area contributed by atoms with Crippen molar-refractivity contribution >= 4 is 5.91 Å². The predicted molar refractivity (Wildman–Crippen MR) is 95.0 cm³/mol. The van der Waals surface area contributed by atoms with Gasteiger partial charge in [-0.2, -0.15) is 0 Å². The van der Waals surface area contributed by atoms with Gasteiger partial charge in [-0.25, -0.2) is 0 Å². The molecule has 5 nitrogen and oxygen atoms in total. The Morgan fingerprint density at radius 2 is 1.96 bits per heavy atom. The number of piperazine rings is 1. The Labute approximate surface area is 145 Å². The summed E-state index contributed by atoms with van der Waals surface area (Å²) in [6, 6.07) is 8.74. The SMILES string of the molecule is CCc1ccc(C(C(=O)N2CCOCC2)N2CCNCC2C)cc1. The van der Waals surface area contributed by atoms with E-state index in [0.29, 0.717) is 32.3 Å². The van der Waals surface area contributed by atoms with Crippen LogP contribution >= 0.6 is 0 Å². The van der Waals surface area contributed by atoms with Crippen molar-refractivity contribution in [3.05, 3.63) is 35.4 Å². The molecule has 2 fully saturated rings. The molecule has 3 rings (SSSR count). The van der Waals surface area contributed by atoms with Gasteiger partial charge in [-0.1, -0.05) is 31.2 Å². The van der Waals surface area contributed by atoms with Crippen molar-refractivity contribution in [2.75, 3.05) is 45.9 Å². The van der Waals surface area contributed by atoms with Crippen molar-refractivity contribution in [2.24, 2.45) is 0 Å². The van der Waals surface area contributed by atoms with E-state index >= 15 is 0 Å². The van der Waals surface area contributed by atoms with Crippen LogP contribution in [0.2, 0.25) is 0 Å². The van der Waals surface area contributed by atoms with Gasteiger partial charge in [0.05, 0.1) is 13.2 Å². The van der Waals surface area contributed by atoms with Gasteiger partial charge in [0.25, 0.3) is 0 Å². The third-order valence-electron chi connectivity index (χ3n) is 5.14. The minimum atomic E-state index is -0.189. The summed E-state index contributed by atoms with van der Waals surface area (Å²) in [6.45, 7) is 9.80. The van der Waals surface area contributed by atoms with Crippen LogP contribution in [0.3, 0.4) is 0 Å².